The molecule has 0 saturated carbocycles. The first-order chi connectivity index (χ1) is 10.2. The standard InChI is InChI=1S/C15H18N2O3S/c1-10-2-3-13(20-10)15-16-12(9-21-15)6-14(19)17-5-4-11(7-17)8-18/h2-3,9,11,18H,4-8H2,1H3. The number of aryl methyl sites for hydroxylation is 1. The van der Waals surface area contributed by atoms with E-state index >= 15 is 0 Å². The molecule has 0 radical (unpaired) electrons. The highest BCUT2D eigenvalue weighted by Gasteiger charge is 2.26. The maximum atomic E-state index is 12.2. The molecule has 1 amide bonds. The molecular weight excluding hydrogens is 288 g/mol. The number of aromatic nitrogens is 1. The molecule has 3 heterocycles. The minimum atomic E-state index is 0.0819. The first-order valence-electron chi connectivity index (χ1n) is 7.05. The Hall–Kier alpha value is -1.66. The van der Waals surface area contributed by atoms with Gasteiger partial charge in [-0.25, -0.2) is 4.98 Å². The predicted octanol–water partition coefficient (Wildman–Crippen LogP) is 2.09. The number of hydrogen-bond acceptors (Lipinski definition) is 5. The largest absolute Gasteiger partial charge is 0.459 e. The maximum absolute atomic E-state index is 12.2. The molecule has 2 aromatic rings. The van der Waals surface area contributed by atoms with E-state index in [4.69, 9.17) is 9.52 Å². The highest BCUT2D eigenvalue weighted by Crippen LogP contribution is 2.26. The van der Waals surface area contributed by atoms with Gasteiger partial charge in [0.15, 0.2) is 10.8 Å². The van der Waals surface area contributed by atoms with Crippen molar-refractivity contribution in [1.82, 2.24) is 9.88 Å². The van der Waals surface area contributed by atoms with Crippen LogP contribution in [0.25, 0.3) is 10.8 Å². The molecule has 1 aliphatic heterocycles. The highest BCUT2D eigenvalue weighted by molar-refractivity contribution is 7.13. The second-order valence-electron chi connectivity index (χ2n) is 5.41. The lowest BCUT2D eigenvalue weighted by atomic mass is 10.1. The number of hydrogen-bond donors (Lipinski definition) is 1. The fraction of sp³-hybridized carbons (Fsp3) is 0.467. The Labute approximate surface area is 127 Å². The van der Waals surface area contributed by atoms with Crippen LogP contribution < -0.4 is 0 Å². The van der Waals surface area contributed by atoms with E-state index in [-0.39, 0.29) is 18.4 Å². The van der Waals surface area contributed by atoms with Gasteiger partial charge in [-0.3, -0.25) is 4.79 Å². The minimum absolute atomic E-state index is 0.0819. The lowest BCUT2D eigenvalue weighted by molar-refractivity contribution is -0.129. The highest BCUT2D eigenvalue weighted by atomic mass is 32.1. The van der Waals surface area contributed by atoms with Crippen LogP contribution in [0.15, 0.2) is 21.9 Å². The molecular formula is C15H18N2O3S. The van der Waals surface area contributed by atoms with Crippen molar-refractivity contribution < 1.29 is 14.3 Å². The molecule has 112 valence electrons. The van der Waals surface area contributed by atoms with Gasteiger partial charge in [0.25, 0.3) is 0 Å². The van der Waals surface area contributed by atoms with Gasteiger partial charge in [-0.2, -0.15) is 0 Å². The van der Waals surface area contributed by atoms with Crippen molar-refractivity contribution in [2.24, 2.45) is 5.92 Å². The molecule has 0 aromatic carbocycles. The molecule has 1 saturated heterocycles. The second-order valence-corrected chi connectivity index (χ2v) is 6.27. The molecule has 1 N–H and O–H groups in total. The van der Waals surface area contributed by atoms with Gasteiger partial charge in [0, 0.05) is 31.0 Å². The summed E-state index contributed by atoms with van der Waals surface area (Å²) >= 11 is 1.49. The molecule has 6 heteroatoms. The summed E-state index contributed by atoms with van der Waals surface area (Å²) < 4.78 is 5.54. The average Bonchev–Trinajstić information content (AvgIpc) is 3.17. The summed E-state index contributed by atoms with van der Waals surface area (Å²) in [6, 6.07) is 3.80. The van der Waals surface area contributed by atoms with E-state index in [1.54, 1.807) is 0 Å². The van der Waals surface area contributed by atoms with Gasteiger partial charge in [-0.15, -0.1) is 11.3 Å². The van der Waals surface area contributed by atoms with E-state index in [2.05, 4.69) is 4.98 Å². The molecule has 0 aliphatic carbocycles. The van der Waals surface area contributed by atoms with Gasteiger partial charge in [0.1, 0.15) is 5.76 Å². The normalized spacial score (nSPS) is 18.4. The number of nitrogens with zero attached hydrogens (tertiary/aromatic N) is 2. The van der Waals surface area contributed by atoms with E-state index in [9.17, 15) is 4.79 Å². The zero-order chi connectivity index (χ0) is 14.8. The number of amides is 1. The molecule has 2 aromatic heterocycles. The van der Waals surface area contributed by atoms with Crippen molar-refractivity contribution >= 4 is 17.2 Å². The van der Waals surface area contributed by atoms with Crippen LogP contribution in [0.3, 0.4) is 0 Å². The number of aliphatic hydroxyl groups excluding tert-OH is 1. The average molecular weight is 306 g/mol. The third-order valence-corrected chi connectivity index (χ3v) is 4.64. The SMILES string of the molecule is Cc1ccc(-c2nc(CC(=O)N3CCC(CO)C3)cs2)o1. The van der Waals surface area contributed by atoms with E-state index < -0.39 is 0 Å². The van der Waals surface area contributed by atoms with Gasteiger partial charge in [-0.1, -0.05) is 0 Å². The molecule has 1 fully saturated rings. The zero-order valence-corrected chi connectivity index (χ0v) is 12.7. The van der Waals surface area contributed by atoms with E-state index in [0.717, 1.165) is 35.2 Å². The Morgan fingerprint density at radius 3 is 3.10 bits per heavy atom. The van der Waals surface area contributed by atoms with Crippen molar-refractivity contribution in [2.45, 2.75) is 19.8 Å². The van der Waals surface area contributed by atoms with Gasteiger partial charge in [0.05, 0.1) is 12.1 Å². The predicted molar refractivity (Wildman–Crippen MR) is 80.0 cm³/mol. The topological polar surface area (TPSA) is 66.6 Å². The lowest BCUT2D eigenvalue weighted by Crippen LogP contribution is -2.30. The molecule has 0 spiro atoms. The molecule has 1 atom stereocenters. The fourth-order valence-corrected chi connectivity index (χ4v) is 3.31. The Bertz CT molecular complexity index is 634. The van der Waals surface area contributed by atoms with Gasteiger partial charge in [-0.05, 0) is 25.5 Å². The summed E-state index contributed by atoms with van der Waals surface area (Å²) in [7, 11) is 0. The summed E-state index contributed by atoms with van der Waals surface area (Å²) in [5, 5.41) is 11.8. The van der Waals surface area contributed by atoms with Crippen LogP contribution in [0.4, 0.5) is 0 Å². The van der Waals surface area contributed by atoms with E-state index in [1.165, 1.54) is 11.3 Å². The summed E-state index contributed by atoms with van der Waals surface area (Å²) in [4.78, 5) is 18.5. The van der Waals surface area contributed by atoms with Crippen LogP contribution in [-0.4, -0.2) is 40.6 Å². The third kappa shape index (κ3) is 3.16. The Morgan fingerprint density at radius 1 is 1.57 bits per heavy atom. The van der Waals surface area contributed by atoms with Crippen molar-refractivity contribution in [2.75, 3.05) is 19.7 Å². The monoisotopic (exact) mass is 306 g/mol. The van der Waals surface area contributed by atoms with Gasteiger partial charge < -0.3 is 14.4 Å². The summed E-state index contributed by atoms with van der Waals surface area (Å²) in [5.74, 6) is 1.91. The smallest absolute Gasteiger partial charge is 0.228 e. The Morgan fingerprint density at radius 2 is 2.43 bits per heavy atom. The van der Waals surface area contributed by atoms with E-state index in [1.807, 2.05) is 29.3 Å². The summed E-state index contributed by atoms with van der Waals surface area (Å²) in [5.41, 5.74) is 0.779. The first kappa shape index (κ1) is 14.3. The molecule has 1 unspecified atom stereocenters. The van der Waals surface area contributed by atoms with Crippen LogP contribution >= 0.6 is 11.3 Å². The fourth-order valence-electron chi connectivity index (χ4n) is 2.53. The lowest BCUT2D eigenvalue weighted by Gasteiger charge is -2.15. The Kier molecular flexibility index (Phi) is 4.07. The van der Waals surface area contributed by atoms with E-state index in [0.29, 0.717) is 13.0 Å². The number of furan rings is 1. The van der Waals surface area contributed by atoms with Gasteiger partial charge in [0.2, 0.25) is 5.91 Å². The van der Waals surface area contributed by atoms with Crippen LogP contribution in [0.2, 0.25) is 0 Å². The summed E-state index contributed by atoms with van der Waals surface area (Å²) in [6.07, 6.45) is 1.20. The summed E-state index contributed by atoms with van der Waals surface area (Å²) in [6.45, 7) is 3.44. The van der Waals surface area contributed by atoms with Gasteiger partial charge >= 0.3 is 0 Å². The molecule has 0 bridgehead atoms. The second kappa shape index (κ2) is 5.99. The van der Waals surface area contributed by atoms with Crippen LogP contribution in [0, 0.1) is 12.8 Å². The molecule has 1 aliphatic rings. The van der Waals surface area contributed by atoms with Crippen molar-refractivity contribution in [3.05, 3.63) is 29.0 Å². The maximum Gasteiger partial charge on any atom is 0.228 e. The number of carbonyl (C=O) groups excluding carboxylic acids is 1. The van der Waals surface area contributed by atoms with Crippen LogP contribution in [0.5, 0.6) is 0 Å². The quantitative estimate of drug-likeness (QED) is 0.939. The third-order valence-electron chi connectivity index (χ3n) is 3.73. The van der Waals surface area contributed by atoms with Crippen molar-refractivity contribution in [3.8, 4) is 10.8 Å². The first-order valence-corrected chi connectivity index (χ1v) is 7.93. The number of carbonyl (C=O) groups is 1. The minimum Gasteiger partial charge on any atom is -0.459 e. The number of rotatable bonds is 4. The molecule has 21 heavy (non-hydrogen) atoms. The molecule has 3 rings (SSSR count). The number of aliphatic hydroxyl groups is 1. The molecule has 5 nitrogen and oxygen atoms in total. The number of likely N-dealkylation sites (tertiary alicyclic amines) is 1. The number of thiazole rings is 1. The van der Waals surface area contributed by atoms with Crippen LogP contribution in [0.1, 0.15) is 17.9 Å². The Balaban J connectivity index is 1.63. The van der Waals surface area contributed by atoms with Crippen molar-refractivity contribution in [1.29, 1.82) is 0 Å². The van der Waals surface area contributed by atoms with Crippen LogP contribution in [-0.2, 0) is 11.2 Å². The van der Waals surface area contributed by atoms with Crippen molar-refractivity contribution in [3.63, 3.8) is 0 Å². The zero-order valence-electron chi connectivity index (χ0n) is 11.9.